The van der Waals surface area contributed by atoms with Crippen LogP contribution in [0.1, 0.15) is 18.4 Å². The highest BCUT2D eigenvalue weighted by atomic mass is 19.1. The molecule has 1 saturated carbocycles. The predicted octanol–water partition coefficient (Wildman–Crippen LogP) is 2.86. The van der Waals surface area contributed by atoms with Gasteiger partial charge in [0.2, 0.25) is 0 Å². The standard InChI is InChI=1S/C14H13FN4/c1-19-13(4-7-17-19)18-12-8-10(15)2-3-11(12)14(9-16)5-6-14/h2-4,7-8,18H,5-6H2,1H3. The molecule has 1 aliphatic rings. The van der Waals surface area contributed by atoms with E-state index in [-0.39, 0.29) is 5.82 Å². The molecule has 0 saturated heterocycles. The van der Waals surface area contributed by atoms with Crippen LogP contribution in [0.5, 0.6) is 0 Å². The minimum atomic E-state index is -0.450. The van der Waals surface area contributed by atoms with Crippen molar-refractivity contribution in [1.29, 1.82) is 5.26 Å². The molecule has 1 aromatic heterocycles. The predicted molar refractivity (Wildman–Crippen MR) is 69.4 cm³/mol. The van der Waals surface area contributed by atoms with Crippen LogP contribution >= 0.6 is 0 Å². The molecule has 0 amide bonds. The van der Waals surface area contributed by atoms with E-state index in [1.165, 1.54) is 12.1 Å². The first-order valence-electron chi connectivity index (χ1n) is 6.11. The van der Waals surface area contributed by atoms with Gasteiger partial charge in [-0.2, -0.15) is 10.4 Å². The third-order valence-corrected chi connectivity index (χ3v) is 3.54. The van der Waals surface area contributed by atoms with Crippen molar-refractivity contribution in [2.75, 3.05) is 5.32 Å². The Bertz CT molecular complexity index is 664. The van der Waals surface area contributed by atoms with Crippen LogP contribution in [-0.4, -0.2) is 9.78 Å². The van der Waals surface area contributed by atoms with Crippen LogP contribution in [0, 0.1) is 17.1 Å². The molecule has 1 heterocycles. The molecule has 1 fully saturated rings. The smallest absolute Gasteiger partial charge is 0.128 e. The number of hydrogen-bond acceptors (Lipinski definition) is 3. The number of nitrogens with one attached hydrogen (secondary N) is 1. The van der Waals surface area contributed by atoms with Gasteiger partial charge in [0.1, 0.15) is 11.6 Å². The SMILES string of the molecule is Cn1nccc1Nc1cc(F)ccc1C1(C#N)CC1. The van der Waals surface area contributed by atoms with Crippen molar-refractivity contribution >= 4 is 11.5 Å². The molecule has 0 spiro atoms. The van der Waals surface area contributed by atoms with E-state index < -0.39 is 5.41 Å². The number of halogens is 1. The van der Waals surface area contributed by atoms with E-state index in [1.54, 1.807) is 30.1 Å². The van der Waals surface area contributed by atoms with Crippen molar-refractivity contribution in [3.63, 3.8) is 0 Å². The molecule has 1 aromatic carbocycles. The molecule has 2 aromatic rings. The first-order valence-corrected chi connectivity index (χ1v) is 6.11. The number of anilines is 2. The zero-order valence-corrected chi connectivity index (χ0v) is 10.5. The van der Waals surface area contributed by atoms with Crippen molar-refractivity contribution in [3.05, 3.63) is 41.8 Å². The Morgan fingerprint density at radius 2 is 2.21 bits per heavy atom. The summed E-state index contributed by atoms with van der Waals surface area (Å²) in [6.07, 6.45) is 3.32. The molecule has 0 atom stereocenters. The maximum absolute atomic E-state index is 13.4. The highest BCUT2D eigenvalue weighted by Crippen LogP contribution is 2.50. The second kappa shape index (κ2) is 4.09. The lowest BCUT2D eigenvalue weighted by molar-refractivity contribution is 0.627. The Balaban J connectivity index is 2.03. The third kappa shape index (κ3) is 1.95. The number of aryl methyl sites for hydroxylation is 1. The fourth-order valence-corrected chi connectivity index (χ4v) is 2.24. The lowest BCUT2D eigenvalue weighted by Crippen LogP contribution is -2.09. The van der Waals surface area contributed by atoms with Crippen LogP contribution in [0.2, 0.25) is 0 Å². The molecular weight excluding hydrogens is 243 g/mol. The number of nitrogens with zero attached hydrogens (tertiary/aromatic N) is 3. The fraction of sp³-hybridized carbons (Fsp3) is 0.286. The summed E-state index contributed by atoms with van der Waals surface area (Å²) in [6, 6.07) is 8.68. The molecule has 1 aliphatic carbocycles. The highest BCUT2D eigenvalue weighted by Gasteiger charge is 2.46. The van der Waals surface area contributed by atoms with Crippen LogP contribution in [0.15, 0.2) is 30.5 Å². The molecule has 5 heteroatoms. The van der Waals surface area contributed by atoms with Crippen molar-refractivity contribution < 1.29 is 4.39 Å². The van der Waals surface area contributed by atoms with Gasteiger partial charge in [-0.25, -0.2) is 4.39 Å². The zero-order valence-electron chi connectivity index (χ0n) is 10.5. The quantitative estimate of drug-likeness (QED) is 0.918. The molecule has 0 unspecified atom stereocenters. The van der Waals surface area contributed by atoms with Crippen LogP contribution in [0.4, 0.5) is 15.9 Å². The van der Waals surface area contributed by atoms with Crippen molar-refractivity contribution in [2.45, 2.75) is 18.3 Å². The van der Waals surface area contributed by atoms with Gasteiger partial charge >= 0.3 is 0 Å². The normalized spacial score (nSPS) is 15.8. The molecule has 0 aliphatic heterocycles. The minimum absolute atomic E-state index is 0.317. The van der Waals surface area contributed by atoms with E-state index in [0.717, 1.165) is 24.2 Å². The summed E-state index contributed by atoms with van der Waals surface area (Å²) in [5, 5.41) is 16.5. The summed E-state index contributed by atoms with van der Waals surface area (Å²) < 4.78 is 15.1. The molecular formula is C14H13FN4. The number of nitriles is 1. The third-order valence-electron chi connectivity index (χ3n) is 3.54. The molecule has 19 heavy (non-hydrogen) atoms. The van der Waals surface area contributed by atoms with Crippen molar-refractivity contribution in [3.8, 4) is 6.07 Å². The van der Waals surface area contributed by atoms with E-state index in [0.29, 0.717) is 5.69 Å². The first-order chi connectivity index (χ1) is 9.14. The summed E-state index contributed by atoms with van der Waals surface area (Å²) in [5.74, 6) is 0.447. The van der Waals surface area contributed by atoms with Gasteiger partial charge in [0.25, 0.3) is 0 Å². The maximum Gasteiger partial charge on any atom is 0.128 e. The van der Waals surface area contributed by atoms with Crippen molar-refractivity contribution in [2.24, 2.45) is 7.05 Å². The first kappa shape index (κ1) is 11.7. The second-order valence-electron chi connectivity index (χ2n) is 4.85. The van der Waals surface area contributed by atoms with E-state index in [4.69, 9.17) is 0 Å². The van der Waals surface area contributed by atoms with Gasteiger partial charge < -0.3 is 5.32 Å². The fourth-order valence-electron chi connectivity index (χ4n) is 2.24. The van der Waals surface area contributed by atoms with Gasteiger partial charge in [0.05, 0.1) is 17.7 Å². The Morgan fingerprint density at radius 3 is 2.79 bits per heavy atom. The number of benzene rings is 1. The Hall–Kier alpha value is -2.35. The molecule has 4 nitrogen and oxygen atoms in total. The van der Waals surface area contributed by atoms with E-state index >= 15 is 0 Å². The largest absolute Gasteiger partial charge is 0.340 e. The van der Waals surface area contributed by atoms with Gasteiger partial charge in [0.15, 0.2) is 0 Å². The van der Waals surface area contributed by atoms with Crippen molar-refractivity contribution in [1.82, 2.24) is 9.78 Å². The topological polar surface area (TPSA) is 53.6 Å². The highest BCUT2D eigenvalue weighted by molar-refractivity contribution is 5.65. The van der Waals surface area contributed by atoms with Crippen LogP contribution < -0.4 is 5.32 Å². The van der Waals surface area contributed by atoms with Gasteiger partial charge in [-0.3, -0.25) is 4.68 Å². The number of rotatable bonds is 3. The molecule has 96 valence electrons. The Labute approximate surface area is 110 Å². The molecule has 1 N–H and O–H groups in total. The van der Waals surface area contributed by atoms with Crippen LogP contribution in [0.3, 0.4) is 0 Å². The van der Waals surface area contributed by atoms with Gasteiger partial charge in [-0.15, -0.1) is 0 Å². The maximum atomic E-state index is 13.4. The monoisotopic (exact) mass is 256 g/mol. The van der Waals surface area contributed by atoms with Gasteiger partial charge in [-0.1, -0.05) is 6.07 Å². The van der Waals surface area contributed by atoms with E-state index in [1.807, 2.05) is 0 Å². The van der Waals surface area contributed by atoms with E-state index in [2.05, 4.69) is 16.5 Å². The number of hydrogen-bond donors (Lipinski definition) is 1. The average Bonchev–Trinajstić information content (AvgIpc) is 3.09. The summed E-state index contributed by atoms with van der Waals surface area (Å²) in [6.45, 7) is 0. The Morgan fingerprint density at radius 1 is 1.42 bits per heavy atom. The van der Waals surface area contributed by atoms with E-state index in [9.17, 15) is 9.65 Å². The summed E-state index contributed by atoms with van der Waals surface area (Å²) in [4.78, 5) is 0. The zero-order chi connectivity index (χ0) is 13.5. The Kier molecular flexibility index (Phi) is 2.53. The summed E-state index contributed by atoms with van der Waals surface area (Å²) in [5.41, 5.74) is 1.05. The lowest BCUT2D eigenvalue weighted by atomic mass is 9.95. The van der Waals surface area contributed by atoms with Gasteiger partial charge in [-0.05, 0) is 30.5 Å². The molecule has 0 bridgehead atoms. The van der Waals surface area contributed by atoms with Crippen LogP contribution in [-0.2, 0) is 12.5 Å². The lowest BCUT2D eigenvalue weighted by Gasteiger charge is -2.15. The second-order valence-corrected chi connectivity index (χ2v) is 4.85. The van der Waals surface area contributed by atoms with Gasteiger partial charge in [0, 0.05) is 18.8 Å². The van der Waals surface area contributed by atoms with Crippen LogP contribution in [0.25, 0.3) is 0 Å². The molecule has 0 radical (unpaired) electrons. The number of aromatic nitrogens is 2. The summed E-state index contributed by atoms with van der Waals surface area (Å²) in [7, 11) is 1.80. The minimum Gasteiger partial charge on any atom is -0.340 e. The average molecular weight is 256 g/mol. The molecule has 3 rings (SSSR count). The summed E-state index contributed by atoms with van der Waals surface area (Å²) >= 11 is 0.